The van der Waals surface area contributed by atoms with Gasteiger partial charge in [0, 0.05) is 12.5 Å². The summed E-state index contributed by atoms with van der Waals surface area (Å²) in [5.74, 6) is 0.569. The first-order chi connectivity index (χ1) is 8.40. The van der Waals surface area contributed by atoms with Gasteiger partial charge in [0.15, 0.2) is 0 Å². The number of hydrogen-bond acceptors (Lipinski definition) is 1. The first kappa shape index (κ1) is 11.9. The minimum Gasteiger partial charge on any atom is -0.396 e. The number of rotatable bonds is 4. The topological polar surface area (TPSA) is 20.2 Å². The van der Waals surface area contributed by atoms with Gasteiger partial charge in [0.05, 0.1) is 0 Å². The van der Waals surface area contributed by atoms with Crippen LogP contribution >= 0.6 is 0 Å². The van der Waals surface area contributed by atoms with Crippen LogP contribution in [0.1, 0.15) is 5.56 Å². The van der Waals surface area contributed by atoms with E-state index in [0.29, 0.717) is 5.92 Å². The molecule has 0 aromatic heterocycles. The van der Waals surface area contributed by atoms with Gasteiger partial charge in [0.2, 0.25) is 0 Å². The van der Waals surface area contributed by atoms with Crippen molar-refractivity contribution in [1.29, 1.82) is 0 Å². The molecule has 1 N–H and O–H groups in total. The lowest BCUT2D eigenvalue weighted by atomic mass is 9.87. The molecule has 1 nitrogen and oxygen atoms in total. The summed E-state index contributed by atoms with van der Waals surface area (Å²) in [6.07, 6.45) is 13.4. The van der Waals surface area contributed by atoms with E-state index in [9.17, 15) is 5.11 Å². The largest absolute Gasteiger partial charge is 0.396 e. The first-order valence-electron chi connectivity index (χ1n) is 6.06. The quantitative estimate of drug-likeness (QED) is 0.836. The summed E-state index contributed by atoms with van der Waals surface area (Å²) in [5, 5.41) is 9.54. The van der Waals surface area contributed by atoms with Gasteiger partial charge in [-0.3, -0.25) is 0 Å². The van der Waals surface area contributed by atoms with Crippen LogP contribution in [0.2, 0.25) is 0 Å². The fourth-order valence-corrected chi connectivity index (χ4v) is 2.13. The molecule has 1 aromatic carbocycles. The molecule has 0 unspecified atom stereocenters. The van der Waals surface area contributed by atoms with Gasteiger partial charge in [-0.05, 0) is 17.9 Å². The SMILES string of the molecule is OC[C@H](Cc1ccccc1)C1C=CC=CC=C1. The Labute approximate surface area is 103 Å². The Kier molecular flexibility index (Phi) is 4.34. The summed E-state index contributed by atoms with van der Waals surface area (Å²) in [6.45, 7) is 0.217. The van der Waals surface area contributed by atoms with E-state index in [1.807, 2.05) is 30.4 Å². The van der Waals surface area contributed by atoms with Crippen molar-refractivity contribution in [2.45, 2.75) is 6.42 Å². The third-order valence-corrected chi connectivity index (χ3v) is 3.12. The second kappa shape index (κ2) is 6.21. The summed E-state index contributed by atoms with van der Waals surface area (Å²) < 4.78 is 0. The van der Waals surface area contributed by atoms with E-state index >= 15 is 0 Å². The summed E-state index contributed by atoms with van der Waals surface area (Å²) >= 11 is 0. The van der Waals surface area contributed by atoms with Crippen LogP contribution in [-0.4, -0.2) is 11.7 Å². The first-order valence-corrected chi connectivity index (χ1v) is 6.06. The molecule has 1 heteroatoms. The van der Waals surface area contributed by atoms with E-state index in [1.54, 1.807) is 0 Å². The van der Waals surface area contributed by atoms with E-state index < -0.39 is 0 Å². The van der Waals surface area contributed by atoms with E-state index in [0.717, 1.165) is 6.42 Å². The minimum absolute atomic E-state index is 0.217. The lowest BCUT2D eigenvalue weighted by Crippen LogP contribution is -2.18. The molecule has 0 bridgehead atoms. The number of benzene rings is 1. The van der Waals surface area contributed by atoms with Crippen molar-refractivity contribution < 1.29 is 5.11 Å². The Bertz CT molecular complexity index is 398. The fourth-order valence-electron chi connectivity index (χ4n) is 2.13. The highest BCUT2D eigenvalue weighted by Crippen LogP contribution is 2.21. The Morgan fingerprint density at radius 2 is 1.59 bits per heavy atom. The zero-order chi connectivity index (χ0) is 11.9. The van der Waals surface area contributed by atoms with Crippen LogP contribution in [0, 0.1) is 11.8 Å². The van der Waals surface area contributed by atoms with Crippen molar-refractivity contribution in [3.05, 3.63) is 72.4 Å². The zero-order valence-electron chi connectivity index (χ0n) is 9.87. The van der Waals surface area contributed by atoms with Crippen LogP contribution < -0.4 is 0 Å². The molecule has 17 heavy (non-hydrogen) atoms. The average molecular weight is 226 g/mol. The lowest BCUT2D eigenvalue weighted by molar-refractivity contribution is 0.207. The molecule has 1 atom stereocenters. The van der Waals surface area contributed by atoms with Crippen LogP contribution in [0.5, 0.6) is 0 Å². The molecule has 0 saturated heterocycles. The summed E-state index contributed by atoms with van der Waals surface area (Å²) in [5.41, 5.74) is 1.28. The molecule has 88 valence electrons. The Morgan fingerprint density at radius 3 is 2.18 bits per heavy atom. The van der Waals surface area contributed by atoms with Crippen LogP contribution in [-0.2, 0) is 6.42 Å². The fraction of sp³-hybridized carbons (Fsp3) is 0.250. The Morgan fingerprint density at radius 1 is 0.941 bits per heavy atom. The van der Waals surface area contributed by atoms with Crippen molar-refractivity contribution in [2.24, 2.45) is 11.8 Å². The predicted molar refractivity (Wildman–Crippen MR) is 71.6 cm³/mol. The van der Waals surface area contributed by atoms with Gasteiger partial charge in [-0.2, -0.15) is 0 Å². The molecule has 1 aliphatic rings. The van der Waals surface area contributed by atoms with E-state index in [4.69, 9.17) is 0 Å². The molecule has 0 spiro atoms. The number of allylic oxidation sites excluding steroid dienone is 6. The second-order valence-corrected chi connectivity index (χ2v) is 4.36. The zero-order valence-corrected chi connectivity index (χ0v) is 9.87. The lowest BCUT2D eigenvalue weighted by Gasteiger charge is -2.19. The molecule has 0 fully saturated rings. The van der Waals surface area contributed by atoms with Gasteiger partial charge in [-0.1, -0.05) is 66.8 Å². The van der Waals surface area contributed by atoms with Crippen LogP contribution in [0.25, 0.3) is 0 Å². The van der Waals surface area contributed by atoms with Gasteiger partial charge in [0.25, 0.3) is 0 Å². The smallest absolute Gasteiger partial charge is 0.0471 e. The predicted octanol–water partition coefficient (Wildman–Crippen LogP) is 3.14. The molecule has 0 radical (unpaired) electrons. The Hall–Kier alpha value is -1.60. The van der Waals surface area contributed by atoms with E-state index in [-0.39, 0.29) is 12.5 Å². The van der Waals surface area contributed by atoms with E-state index in [2.05, 4.69) is 36.4 Å². The number of aliphatic hydroxyl groups excluding tert-OH is 1. The van der Waals surface area contributed by atoms with Crippen molar-refractivity contribution in [3.8, 4) is 0 Å². The third-order valence-electron chi connectivity index (χ3n) is 3.12. The van der Waals surface area contributed by atoms with Gasteiger partial charge < -0.3 is 5.11 Å². The molecule has 0 heterocycles. The molecule has 0 saturated carbocycles. The molecular formula is C16H18O. The molecule has 1 aliphatic carbocycles. The highest BCUT2D eigenvalue weighted by Gasteiger charge is 2.16. The molecule has 0 aliphatic heterocycles. The molecule has 0 amide bonds. The Balaban J connectivity index is 2.06. The summed E-state index contributed by atoms with van der Waals surface area (Å²) in [7, 11) is 0. The van der Waals surface area contributed by atoms with Gasteiger partial charge >= 0.3 is 0 Å². The van der Waals surface area contributed by atoms with Gasteiger partial charge in [-0.25, -0.2) is 0 Å². The van der Waals surface area contributed by atoms with Crippen molar-refractivity contribution >= 4 is 0 Å². The van der Waals surface area contributed by atoms with Crippen LogP contribution in [0.3, 0.4) is 0 Å². The maximum absolute atomic E-state index is 9.54. The molecular weight excluding hydrogens is 208 g/mol. The summed E-state index contributed by atoms with van der Waals surface area (Å²) in [6, 6.07) is 10.3. The highest BCUT2D eigenvalue weighted by molar-refractivity contribution is 5.22. The average Bonchev–Trinajstić information content (AvgIpc) is 2.66. The number of hydrogen-bond donors (Lipinski definition) is 1. The minimum atomic E-state index is 0.217. The second-order valence-electron chi connectivity index (χ2n) is 4.36. The maximum Gasteiger partial charge on any atom is 0.0471 e. The number of aliphatic hydroxyl groups is 1. The maximum atomic E-state index is 9.54. The standard InChI is InChI=1S/C16H18O/c17-13-16(12-14-8-4-3-5-9-14)15-10-6-1-2-7-11-15/h1-11,15-17H,12-13H2/t16-/m0/s1. The summed E-state index contributed by atoms with van der Waals surface area (Å²) in [4.78, 5) is 0. The van der Waals surface area contributed by atoms with Gasteiger partial charge in [0.1, 0.15) is 0 Å². The highest BCUT2D eigenvalue weighted by atomic mass is 16.3. The van der Waals surface area contributed by atoms with Crippen molar-refractivity contribution in [2.75, 3.05) is 6.61 Å². The van der Waals surface area contributed by atoms with Crippen molar-refractivity contribution in [1.82, 2.24) is 0 Å². The van der Waals surface area contributed by atoms with Gasteiger partial charge in [-0.15, -0.1) is 0 Å². The van der Waals surface area contributed by atoms with E-state index in [1.165, 1.54) is 5.56 Å². The van der Waals surface area contributed by atoms with Crippen molar-refractivity contribution in [3.63, 3.8) is 0 Å². The molecule has 1 aromatic rings. The van der Waals surface area contributed by atoms with Crippen LogP contribution in [0.15, 0.2) is 66.8 Å². The molecule has 2 rings (SSSR count). The third kappa shape index (κ3) is 3.43. The monoisotopic (exact) mass is 226 g/mol. The normalized spacial score (nSPS) is 17.0. The van der Waals surface area contributed by atoms with Crippen LogP contribution in [0.4, 0.5) is 0 Å².